The zero-order valence-corrected chi connectivity index (χ0v) is 14.0. The number of pyridine rings is 1. The number of amides is 1. The molecule has 5 nitrogen and oxygen atoms in total. The second kappa shape index (κ2) is 7.45. The molecule has 0 unspecified atom stereocenters. The molecule has 1 aromatic heterocycles. The Labute approximate surface area is 142 Å². The number of aryl methyl sites for hydroxylation is 1. The highest BCUT2D eigenvalue weighted by Crippen LogP contribution is 2.20. The molecule has 1 amide bonds. The minimum absolute atomic E-state index is 0.369. The predicted octanol–water partition coefficient (Wildman–Crippen LogP) is 2.42. The number of nitrogens with zero attached hydrogens (tertiary/aromatic N) is 2. The van der Waals surface area contributed by atoms with E-state index in [1.807, 2.05) is 24.4 Å². The maximum Gasteiger partial charge on any atom is 0.248 e. The molecule has 1 fully saturated rings. The first-order valence-corrected chi connectivity index (χ1v) is 8.38. The number of nitrogens with one attached hydrogen (secondary N) is 1. The van der Waals surface area contributed by atoms with Crippen LogP contribution in [0.4, 0.5) is 5.82 Å². The van der Waals surface area contributed by atoms with Gasteiger partial charge < -0.3 is 11.1 Å². The third-order valence-electron chi connectivity index (χ3n) is 4.47. The first-order valence-electron chi connectivity index (χ1n) is 8.38. The van der Waals surface area contributed by atoms with E-state index in [2.05, 4.69) is 34.3 Å². The van der Waals surface area contributed by atoms with E-state index in [-0.39, 0.29) is 5.91 Å². The molecule has 1 aliphatic rings. The molecule has 0 bridgehead atoms. The molecule has 1 aromatic carbocycles. The van der Waals surface area contributed by atoms with Crippen LogP contribution in [0.3, 0.4) is 0 Å². The summed E-state index contributed by atoms with van der Waals surface area (Å²) in [6.45, 7) is 6.01. The van der Waals surface area contributed by atoms with E-state index < -0.39 is 0 Å². The van der Waals surface area contributed by atoms with Crippen LogP contribution < -0.4 is 11.1 Å². The molecule has 24 heavy (non-hydrogen) atoms. The molecule has 3 N–H and O–H groups in total. The standard InChI is InChI=1S/C19H24N4O/c1-14-5-7-21-18(9-14)22-11-16-6-8-23(13-16)12-15-3-2-4-17(10-15)19(20)24/h2-5,7,9-10,16H,6,8,11-13H2,1H3,(H2,20,24)(H,21,22)/t16-/m0/s1. The van der Waals surface area contributed by atoms with E-state index in [9.17, 15) is 4.79 Å². The summed E-state index contributed by atoms with van der Waals surface area (Å²) in [6.07, 6.45) is 3.01. The van der Waals surface area contributed by atoms with Crippen molar-refractivity contribution in [3.8, 4) is 0 Å². The summed E-state index contributed by atoms with van der Waals surface area (Å²) in [5, 5.41) is 3.44. The lowest BCUT2D eigenvalue weighted by Gasteiger charge is -2.17. The van der Waals surface area contributed by atoms with E-state index >= 15 is 0 Å². The van der Waals surface area contributed by atoms with Crippen LogP contribution in [0.25, 0.3) is 0 Å². The summed E-state index contributed by atoms with van der Waals surface area (Å²) in [4.78, 5) is 18.1. The molecule has 2 aromatic rings. The normalized spacial score (nSPS) is 17.8. The molecule has 0 saturated carbocycles. The number of carbonyl (C=O) groups excluding carboxylic acids is 1. The first-order chi connectivity index (χ1) is 11.6. The summed E-state index contributed by atoms with van der Waals surface area (Å²) < 4.78 is 0. The van der Waals surface area contributed by atoms with Crippen molar-refractivity contribution < 1.29 is 4.79 Å². The average molecular weight is 324 g/mol. The molecule has 5 heteroatoms. The van der Waals surface area contributed by atoms with E-state index in [0.29, 0.717) is 11.5 Å². The quantitative estimate of drug-likeness (QED) is 0.856. The van der Waals surface area contributed by atoms with Gasteiger partial charge >= 0.3 is 0 Å². The van der Waals surface area contributed by atoms with Crippen LogP contribution in [-0.2, 0) is 6.54 Å². The number of hydrogen-bond donors (Lipinski definition) is 2. The Hall–Kier alpha value is -2.40. The highest BCUT2D eigenvalue weighted by molar-refractivity contribution is 5.92. The molecule has 1 aliphatic heterocycles. The van der Waals surface area contributed by atoms with Crippen LogP contribution in [0, 0.1) is 12.8 Å². The molecule has 1 saturated heterocycles. The van der Waals surface area contributed by atoms with Crippen molar-refractivity contribution in [2.45, 2.75) is 19.9 Å². The van der Waals surface area contributed by atoms with Gasteiger partial charge in [-0.1, -0.05) is 12.1 Å². The fourth-order valence-corrected chi connectivity index (χ4v) is 3.19. The summed E-state index contributed by atoms with van der Waals surface area (Å²) in [7, 11) is 0. The van der Waals surface area contributed by atoms with Crippen LogP contribution in [0.1, 0.15) is 27.9 Å². The molecule has 0 radical (unpaired) electrons. The first kappa shape index (κ1) is 16.5. The van der Waals surface area contributed by atoms with Crippen molar-refractivity contribution in [1.29, 1.82) is 0 Å². The number of nitrogens with two attached hydrogens (primary N) is 1. The molecule has 0 spiro atoms. The van der Waals surface area contributed by atoms with Gasteiger partial charge in [-0.3, -0.25) is 9.69 Å². The summed E-state index contributed by atoms with van der Waals surface area (Å²) in [6, 6.07) is 11.7. The molecule has 1 atom stereocenters. The Morgan fingerprint density at radius 1 is 1.38 bits per heavy atom. The number of rotatable bonds is 6. The van der Waals surface area contributed by atoms with Crippen molar-refractivity contribution in [1.82, 2.24) is 9.88 Å². The lowest BCUT2D eigenvalue weighted by molar-refractivity contribution is 0.1000. The lowest BCUT2D eigenvalue weighted by Crippen LogP contribution is -2.23. The van der Waals surface area contributed by atoms with Crippen molar-refractivity contribution in [2.24, 2.45) is 11.7 Å². The number of likely N-dealkylation sites (tertiary alicyclic amines) is 1. The van der Waals surface area contributed by atoms with Gasteiger partial charge in [-0.25, -0.2) is 4.98 Å². The molecule has 3 rings (SSSR count). The van der Waals surface area contributed by atoms with Crippen LogP contribution in [0.5, 0.6) is 0 Å². The highest BCUT2D eigenvalue weighted by atomic mass is 16.1. The van der Waals surface area contributed by atoms with Crippen LogP contribution in [0.15, 0.2) is 42.6 Å². The van der Waals surface area contributed by atoms with E-state index in [1.165, 1.54) is 12.0 Å². The SMILES string of the molecule is Cc1ccnc(NC[C@@H]2CCN(Cc3cccc(C(N)=O)c3)C2)c1. The third-order valence-corrected chi connectivity index (χ3v) is 4.47. The number of primary amides is 1. The second-order valence-corrected chi connectivity index (χ2v) is 6.55. The minimum Gasteiger partial charge on any atom is -0.370 e. The Morgan fingerprint density at radius 2 is 2.25 bits per heavy atom. The number of benzene rings is 1. The Kier molecular flexibility index (Phi) is 5.11. The van der Waals surface area contributed by atoms with Gasteiger partial charge in [0, 0.05) is 31.4 Å². The Bertz CT molecular complexity index is 716. The highest BCUT2D eigenvalue weighted by Gasteiger charge is 2.22. The van der Waals surface area contributed by atoms with Crippen molar-refractivity contribution in [3.05, 3.63) is 59.3 Å². The van der Waals surface area contributed by atoms with E-state index in [0.717, 1.165) is 37.6 Å². The van der Waals surface area contributed by atoms with E-state index in [1.54, 1.807) is 6.07 Å². The number of hydrogen-bond acceptors (Lipinski definition) is 4. The van der Waals surface area contributed by atoms with Crippen molar-refractivity contribution in [2.75, 3.05) is 25.0 Å². The average Bonchev–Trinajstić information content (AvgIpc) is 3.01. The second-order valence-electron chi connectivity index (χ2n) is 6.55. The van der Waals surface area contributed by atoms with Gasteiger partial charge in [0.2, 0.25) is 5.91 Å². The molecule has 2 heterocycles. The van der Waals surface area contributed by atoms with Crippen molar-refractivity contribution >= 4 is 11.7 Å². The van der Waals surface area contributed by atoms with Gasteiger partial charge in [-0.05, 0) is 61.2 Å². The van der Waals surface area contributed by atoms with Gasteiger partial charge in [0.05, 0.1) is 0 Å². The third kappa shape index (κ3) is 4.32. The monoisotopic (exact) mass is 324 g/mol. The van der Waals surface area contributed by atoms with E-state index in [4.69, 9.17) is 5.73 Å². The number of carbonyl (C=O) groups is 1. The predicted molar refractivity (Wildman–Crippen MR) is 95.8 cm³/mol. The zero-order chi connectivity index (χ0) is 16.9. The fraction of sp³-hybridized carbons (Fsp3) is 0.368. The number of anilines is 1. The fourth-order valence-electron chi connectivity index (χ4n) is 3.19. The molecule has 0 aliphatic carbocycles. The molecule has 126 valence electrons. The Balaban J connectivity index is 1.50. The van der Waals surface area contributed by atoms with Gasteiger partial charge in [0.25, 0.3) is 0 Å². The minimum atomic E-state index is -0.369. The Morgan fingerprint density at radius 3 is 3.04 bits per heavy atom. The van der Waals surface area contributed by atoms with Gasteiger partial charge in [0.1, 0.15) is 5.82 Å². The molecular formula is C19H24N4O. The smallest absolute Gasteiger partial charge is 0.248 e. The molecular weight excluding hydrogens is 300 g/mol. The van der Waals surface area contributed by atoms with Gasteiger partial charge in [-0.15, -0.1) is 0 Å². The van der Waals surface area contributed by atoms with Crippen LogP contribution in [0.2, 0.25) is 0 Å². The van der Waals surface area contributed by atoms with Gasteiger partial charge in [0.15, 0.2) is 0 Å². The van der Waals surface area contributed by atoms with Gasteiger partial charge in [-0.2, -0.15) is 0 Å². The maximum atomic E-state index is 11.3. The van der Waals surface area contributed by atoms with Crippen LogP contribution >= 0.6 is 0 Å². The summed E-state index contributed by atoms with van der Waals surface area (Å²) in [5.41, 5.74) is 8.29. The topological polar surface area (TPSA) is 71.2 Å². The summed E-state index contributed by atoms with van der Waals surface area (Å²) >= 11 is 0. The lowest BCUT2D eigenvalue weighted by atomic mass is 10.1. The largest absolute Gasteiger partial charge is 0.370 e. The number of aromatic nitrogens is 1. The van der Waals surface area contributed by atoms with Crippen molar-refractivity contribution in [3.63, 3.8) is 0 Å². The summed E-state index contributed by atoms with van der Waals surface area (Å²) in [5.74, 6) is 1.19. The zero-order valence-electron chi connectivity index (χ0n) is 14.0. The maximum absolute atomic E-state index is 11.3. The van der Waals surface area contributed by atoms with Crippen LogP contribution in [-0.4, -0.2) is 35.4 Å².